The quantitative estimate of drug-likeness (QED) is 0.241. The predicted octanol–water partition coefficient (Wildman–Crippen LogP) is 3.46. The number of carbonyl (C=O) groups excluding carboxylic acids is 4. The van der Waals surface area contributed by atoms with Gasteiger partial charge in [-0.2, -0.15) is 0 Å². The van der Waals surface area contributed by atoms with E-state index in [0.717, 1.165) is 37.7 Å². The Hall–Kier alpha value is -3.50. The molecule has 4 aliphatic rings. The largest absolute Gasteiger partial charge is 0.463 e. The summed E-state index contributed by atoms with van der Waals surface area (Å²) in [6.45, 7) is 9.22. The molecule has 1 aromatic carbocycles. The molecule has 1 aromatic rings. The molecular weight excluding hydrogens is 574 g/mol. The molecular formula is C35H47N3O7. The fourth-order valence-electron chi connectivity index (χ4n) is 7.98. The van der Waals surface area contributed by atoms with Gasteiger partial charge in [0, 0.05) is 19.0 Å². The van der Waals surface area contributed by atoms with Gasteiger partial charge in [0.1, 0.15) is 18.2 Å². The lowest BCUT2D eigenvalue weighted by molar-refractivity contribution is -0.152. The molecule has 7 atom stereocenters. The molecule has 4 fully saturated rings. The van der Waals surface area contributed by atoms with Crippen molar-refractivity contribution in [3.05, 3.63) is 61.2 Å². The van der Waals surface area contributed by atoms with Gasteiger partial charge in [-0.15, -0.1) is 13.2 Å². The molecule has 1 aliphatic carbocycles. The average molecular weight is 622 g/mol. The summed E-state index contributed by atoms with van der Waals surface area (Å²) in [7, 11) is 0. The highest BCUT2D eigenvalue weighted by Crippen LogP contribution is 2.59. The van der Waals surface area contributed by atoms with E-state index in [0.29, 0.717) is 25.8 Å². The second-order valence-corrected chi connectivity index (χ2v) is 12.9. The number of benzene rings is 1. The summed E-state index contributed by atoms with van der Waals surface area (Å²) in [5.41, 5.74) is -0.410. The van der Waals surface area contributed by atoms with Crippen LogP contribution in [0.15, 0.2) is 55.6 Å². The third-order valence-corrected chi connectivity index (χ3v) is 10.1. The lowest BCUT2D eigenvalue weighted by atomic mass is 9.70. The Morgan fingerprint density at radius 2 is 1.89 bits per heavy atom. The number of nitrogens with zero attached hydrogens (tertiary/aromatic N) is 2. The molecule has 10 nitrogen and oxygen atoms in total. The first-order valence-corrected chi connectivity index (χ1v) is 16.4. The van der Waals surface area contributed by atoms with E-state index in [9.17, 15) is 24.3 Å². The fourth-order valence-corrected chi connectivity index (χ4v) is 7.98. The molecule has 5 rings (SSSR count). The van der Waals surface area contributed by atoms with E-state index in [1.807, 2.05) is 35.2 Å². The van der Waals surface area contributed by atoms with E-state index in [2.05, 4.69) is 18.5 Å². The van der Waals surface area contributed by atoms with Crippen LogP contribution < -0.4 is 5.32 Å². The number of aliphatic hydroxyl groups excluding tert-OH is 1. The Morgan fingerprint density at radius 3 is 2.56 bits per heavy atom. The highest BCUT2D eigenvalue weighted by Gasteiger charge is 2.75. The van der Waals surface area contributed by atoms with E-state index in [1.165, 1.54) is 4.90 Å². The lowest BCUT2D eigenvalue weighted by Crippen LogP contribution is -2.60. The number of nitrogens with one attached hydrogen (secondary N) is 1. The topological polar surface area (TPSA) is 125 Å². The van der Waals surface area contributed by atoms with E-state index in [-0.39, 0.29) is 43.4 Å². The third kappa shape index (κ3) is 6.31. The molecule has 0 unspecified atom stereocenters. The number of allylic oxidation sites excluding steroid dienone is 1. The second kappa shape index (κ2) is 14.3. The number of aliphatic hydroxyl groups is 1. The number of likely N-dealkylation sites (tertiary alicyclic amines) is 1. The first-order valence-electron chi connectivity index (χ1n) is 16.4. The van der Waals surface area contributed by atoms with Crippen LogP contribution in [-0.2, 0) is 28.7 Å². The first kappa shape index (κ1) is 32.9. The van der Waals surface area contributed by atoms with Crippen molar-refractivity contribution in [2.45, 2.75) is 101 Å². The zero-order valence-electron chi connectivity index (χ0n) is 26.3. The van der Waals surface area contributed by atoms with Gasteiger partial charge in [-0.3, -0.25) is 19.2 Å². The molecule has 45 heavy (non-hydrogen) atoms. The SMILES string of the molecule is C=CCCC(=O)OC[C@@H](NC(=O)[C@@H]1[C@H]2C(=O)N([C@H](C)CO)[C@H](C(=O)N(CC=C)C3CCCCC3)[C@]23CC[C@H]1O3)c1ccccc1. The Labute approximate surface area is 265 Å². The van der Waals surface area contributed by atoms with Gasteiger partial charge in [0.2, 0.25) is 17.7 Å². The second-order valence-electron chi connectivity index (χ2n) is 12.9. The Bertz CT molecular complexity index is 1260. The molecule has 3 heterocycles. The van der Waals surface area contributed by atoms with Gasteiger partial charge in [-0.1, -0.05) is 61.7 Å². The summed E-state index contributed by atoms with van der Waals surface area (Å²) in [6.07, 6.45) is 9.49. The summed E-state index contributed by atoms with van der Waals surface area (Å²) in [5, 5.41) is 13.3. The number of amides is 3. The van der Waals surface area contributed by atoms with Gasteiger partial charge in [-0.05, 0) is 44.6 Å². The summed E-state index contributed by atoms with van der Waals surface area (Å²) in [4.78, 5) is 58.7. The predicted molar refractivity (Wildman–Crippen MR) is 167 cm³/mol. The highest BCUT2D eigenvalue weighted by molar-refractivity contribution is 5.99. The van der Waals surface area contributed by atoms with Gasteiger partial charge >= 0.3 is 5.97 Å². The van der Waals surface area contributed by atoms with Crippen LogP contribution in [0.3, 0.4) is 0 Å². The maximum atomic E-state index is 14.6. The van der Waals surface area contributed by atoms with Crippen LogP contribution in [0.4, 0.5) is 0 Å². The molecule has 2 bridgehead atoms. The molecule has 1 spiro atoms. The van der Waals surface area contributed by atoms with Crippen molar-refractivity contribution >= 4 is 23.7 Å². The van der Waals surface area contributed by atoms with Crippen molar-refractivity contribution in [1.29, 1.82) is 0 Å². The minimum absolute atomic E-state index is 0.0413. The number of hydrogen-bond acceptors (Lipinski definition) is 7. The van der Waals surface area contributed by atoms with Crippen molar-refractivity contribution in [2.24, 2.45) is 11.8 Å². The molecule has 3 saturated heterocycles. The molecule has 10 heteroatoms. The summed E-state index contributed by atoms with van der Waals surface area (Å²) >= 11 is 0. The minimum Gasteiger partial charge on any atom is -0.463 e. The van der Waals surface area contributed by atoms with Crippen LogP contribution in [0, 0.1) is 11.8 Å². The van der Waals surface area contributed by atoms with Crippen molar-refractivity contribution in [3.8, 4) is 0 Å². The monoisotopic (exact) mass is 621 g/mol. The molecule has 0 radical (unpaired) electrons. The standard InChI is InChI=1S/C35H47N3O7/c1-4-6-17-28(40)44-22-26(24-13-9-7-10-14-24)36-32(41)29-27-18-19-35(45-27)30(29)33(42)38(23(3)21-39)31(35)34(43)37(20-5-2)25-15-11-8-12-16-25/h4-5,7,9-10,13-14,23,25-27,29-31,39H,1-2,6,8,11-12,15-22H2,3H3,(H,36,41)/t23-,26-,27-,29+,30+,31-,35+/m1/s1. The van der Waals surface area contributed by atoms with Crippen molar-refractivity contribution in [1.82, 2.24) is 15.1 Å². The fraction of sp³-hybridized carbons (Fsp3) is 0.600. The number of rotatable bonds is 14. The molecule has 3 aliphatic heterocycles. The lowest BCUT2D eigenvalue weighted by Gasteiger charge is -2.41. The number of ether oxygens (including phenoxy) is 2. The number of esters is 1. The van der Waals surface area contributed by atoms with Gasteiger partial charge < -0.3 is 29.7 Å². The molecule has 0 aromatic heterocycles. The molecule has 2 N–H and O–H groups in total. The zero-order chi connectivity index (χ0) is 32.1. The van der Waals surface area contributed by atoms with Gasteiger partial charge in [0.05, 0.1) is 36.6 Å². The molecule has 3 amide bonds. The normalized spacial score (nSPS) is 28.7. The van der Waals surface area contributed by atoms with Gasteiger partial charge in [-0.25, -0.2) is 0 Å². The first-order chi connectivity index (χ1) is 21.8. The van der Waals surface area contributed by atoms with E-state index in [1.54, 1.807) is 19.1 Å². The Balaban J connectivity index is 1.43. The third-order valence-electron chi connectivity index (χ3n) is 10.1. The van der Waals surface area contributed by atoms with Crippen LogP contribution in [-0.4, -0.2) is 88.2 Å². The van der Waals surface area contributed by atoms with Gasteiger partial charge in [0.15, 0.2) is 0 Å². The summed E-state index contributed by atoms with van der Waals surface area (Å²) < 4.78 is 12.1. The maximum absolute atomic E-state index is 14.6. The molecule has 244 valence electrons. The highest BCUT2D eigenvalue weighted by atomic mass is 16.5. The van der Waals surface area contributed by atoms with Crippen molar-refractivity contribution in [2.75, 3.05) is 19.8 Å². The van der Waals surface area contributed by atoms with Crippen molar-refractivity contribution in [3.63, 3.8) is 0 Å². The van der Waals surface area contributed by atoms with Crippen LogP contribution in [0.2, 0.25) is 0 Å². The van der Waals surface area contributed by atoms with E-state index >= 15 is 0 Å². The van der Waals surface area contributed by atoms with Crippen molar-refractivity contribution < 1.29 is 33.8 Å². The van der Waals surface area contributed by atoms with Crippen LogP contribution >= 0.6 is 0 Å². The smallest absolute Gasteiger partial charge is 0.306 e. The maximum Gasteiger partial charge on any atom is 0.306 e. The van der Waals surface area contributed by atoms with Gasteiger partial charge in [0.25, 0.3) is 0 Å². The molecule has 1 saturated carbocycles. The van der Waals surface area contributed by atoms with E-state index in [4.69, 9.17) is 9.47 Å². The summed E-state index contributed by atoms with van der Waals surface area (Å²) in [5.74, 6) is -3.02. The average Bonchev–Trinajstić information content (AvgIpc) is 3.72. The number of fused-ring (bicyclic) bond motifs is 1. The Morgan fingerprint density at radius 1 is 1.16 bits per heavy atom. The van der Waals surface area contributed by atoms with E-state index < -0.39 is 47.6 Å². The van der Waals surface area contributed by atoms with Crippen LogP contribution in [0.1, 0.15) is 76.3 Å². The summed E-state index contributed by atoms with van der Waals surface area (Å²) in [6, 6.07) is 7.06. The van der Waals surface area contributed by atoms with Crippen LogP contribution in [0.5, 0.6) is 0 Å². The number of hydrogen-bond donors (Lipinski definition) is 2. The number of carbonyl (C=O) groups is 4. The zero-order valence-corrected chi connectivity index (χ0v) is 26.3. The Kier molecular flexibility index (Phi) is 10.4. The minimum atomic E-state index is -1.17. The van der Waals surface area contributed by atoms with Crippen LogP contribution in [0.25, 0.3) is 0 Å².